The summed E-state index contributed by atoms with van der Waals surface area (Å²) in [6.45, 7) is 1.05. The highest BCUT2D eigenvalue weighted by Gasteiger charge is 2.51. The molecular weight excluding hydrogens is 424 g/mol. The topological polar surface area (TPSA) is 160 Å². The second-order valence-corrected chi connectivity index (χ2v) is 8.48. The number of hydrogen-bond donors (Lipinski definition) is 4. The van der Waals surface area contributed by atoms with Crippen molar-refractivity contribution in [1.82, 2.24) is 0 Å². The van der Waals surface area contributed by atoms with Crippen LogP contribution in [0.15, 0.2) is 23.3 Å². The van der Waals surface area contributed by atoms with Crippen molar-refractivity contribution in [2.24, 2.45) is 0 Å². The lowest BCUT2D eigenvalue weighted by Gasteiger charge is -2.38. The van der Waals surface area contributed by atoms with Gasteiger partial charge in [-0.25, -0.2) is 0 Å². The molecule has 0 unspecified atom stereocenters. The quantitative estimate of drug-likeness (QED) is 0.445. The van der Waals surface area contributed by atoms with Gasteiger partial charge in [-0.2, -0.15) is 0 Å². The van der Waals surface area contributed by atoms with Gasteiger partial charge in [0.25, 0.3) is 0 Å². The molecule has 0 radical (unpaired) electrons. The molecule has 170 valence electrons. The first-order valence-electron chi connectivity index (χ1n) is 10.4. The molecule has 10 heteroatoms. The van der Waals surface area contributed by atoms with Gasteiger partial charge in [0.1, 0.15) is 24.1 Å². The van der Waals surface area contributed by atoms with Crippen LogP contribution in [-0.2, 0) is 19.0 Å². The van der Waals surface area contributed by atoms with E-state index in [1.807, 2.05) is 0 Å². The third-order valence-corrected chi connectivity index (χ3v) is 6.59. The average Bonchev–Trinajstić information content (AvgIpc) is 3.12. The summed E-state index contributed by atoms with van der Waals surface area (Å²) in [5.41, 5.74) is 0.0271. The lowest BCUT2D eigenvalue weighted by molar-refractivity contribution is -0.181. The predicted octanol–water partition coefficient (Wildman–Crippen LogP) is -0.285. The number of rotatable bonds is 2. The van der Waals surface area contributed by atoms with E-state index >= 15 is 0 Å². The van der Waals surface area contributed by atoms with Crippen molar-refractivity contribution in [1.29, 1.82) is 0 Å². The molecule has 32 heavy (non-hydrogen) atoms. The van der Waals surface area contributed by atoms with Gasteiger partial charge in [0.2, 0.25) is 0 Å². The number of phenols is 1. The zero-order valence-corrected chi connectivity index (χ0v) is 17.1. The zero-order valence-electron chi connectivity index (χ0n) is 17.1. The summed E-state index contributed by atoms with van der Waals surface area (Å²) in [5.74, 6) is -2.13. The Kier molecular flexibility index (Phi) is 4.95. The van der Waals surface area contributed by atoms with Crippen LogP contribution in [0.2, 0.25) is 0 Å². The number of Topliss-reactive ketones (excluding diaryl/α,β-unsaturated/α-hetero) is 2. The third-order valence-electron chi connectivity index (χ3n) is 6.59. The molecule has 4 N–H and O–H groups in total. The Balaban J connectivity index is 1.57. The Labute approximate surface area is 182 Å². The van der Waals surface area contributed by atoms with Crippen LogP contribution in [0.1, 0.15) is 52.1 Å². The standard InChI is InChI=1S/C22H22O10/c1-7-15-17(22-12(30-7)5-14(25)32-22)19(27)9-3-2-8(18(26)16(9)21(15)29)11-4-10(24)20(28)13(6-23)31-11/h2-3,7,10-13,20,22-24,26,28H,4-6H2,1H3/t7-,10+,11+,12-,13+,20-,22+/m0/s1. The van der Waals surface area contributed by atoms with E-state index in [-0.39, 0.29) is 40.7 Å². The first-order chi connectivity index (χ1) is 15.2. The Morgan fingerprint density at radius 2 is 1.81 bits per heavy atom. The lowest BCUT2D eigenvalue weighted by Crippen LogP contribution is -2.47. The molecule has 1 aromatic rings. The normalized spacial score (nSPS) is 36.5. The molecule has 3 aliphatic heterocycles. The van der Waals surface area contributed by atoms with Gasteiger partial charge in [0.05, 0.1) is 42.5 Å². The zero-order chi connectivity index (χ0) is 22.9. The van der Waals surface area contributed by atoms with Crippen molar-refractivity contribution < 1.29 is 49.0 Å². The molecule has 0 amide bonds. The molecule has 1 aromatic carbocycles. The van der Waals surface area contributed by atoms with Crippen LogP contribution in [0.3, 0.4) is 0 Å². The first kappa shape index (κ1) is 21.2. The van der Waals surface area contributed by atoms with Gasteiger partial charge in [-0.05, 0) is 13.0 Å². The van der Waals surface area contributed by atoms with Gasteiger partial charge < -0.3 is 34.6 Å². The van der Waals surface area contributed by atoms with E-state index in [2.05, 4.69) is 0 Å². The van der Waals surface area contributed by atoms with Crippen LogP contribution in [0.5, 0.6) is 5.75 Å². The van der Waals surface area contributed by atoms with Crippen molar-refractivity contribution in [3.63, 3.8) is 0 Å². The number of phenolic OH excluding ortho intramolecular Hbond substituents is 1. The number of ketones is 2. The first-order valence-corrected chi connectivity index (χ1v) is 10.4. The summed E-state index contributed by atoms with van der Waals surface area (Å²) < 4.78 is 16.6. The van der Waals surface area contributed by atoms with Crippen molar-refractivity contribution in [3.05, 3.63) is 40.0 Å². The monoisotopic (exact) mass is 446 g/mol. The molecule has 0 bridgehead atoms. The molecule has 0 saturated carbocycles. The number of carbonyl (C=O) groups is 3. The minimum atomic E-state index is -1.30. The average molecular weight is 446 g/mol. The van der Waals surface area contributed by atoms with Crippen LogP contribution in [-0.4, -0.2) is 81.2 Å². The number of aliphatic hydroxyl groups is 3. The summed E-state index contributed by atoms with van der Waals surface area (Å²) in [6, 6.07) is 2.80. The summed E-state index contributed by atoms with van der Waals surface area (Å²) in [4.78, 5) is 38.5. The number of aromatic hydroxyl groups is 1. The summed E-state index contributed by atoms with van der Waals surface area (Å²) in [6.07, 6.45) is -7.01. The van der Waals surface area contributed by atoms with Crippen molar-refractivity contribution in [3.8, 4) is 5.75 Å². The van der Waals surface area contributed by atoms with Gasteiger partial charge in [-0.1, -0.05) is 6.07 Å². The van der Waals surface area contributed by atoms with Gasteiger partial charge in [0.15, 0.2) is 17.7 Å². The number of ether oxygens (including phenoxy) is 3. The molecule has 5 rings (SSSR count). The second-order valence-electron chi connectivity index (χ2n) is 8.48. The summed E-state index contributed by atoms with van der Waals surface area (Å²) >= 11 is 0. The Hall–Kier alpha value is -2.63. The Morgan fingerprint density at radius 1 is 1.06 bits per heavy atom. The number of hydrogen-bond acceptors (Lipinski definition) is 10. The maximum atomic E-state index is 13.4. The van der Waals surface area contributed by atoms with Gasteiger partial charge >= 0.3 is 5.97 Å². The van der Waals surface area contributed by atoms with Crippen LogP contribution in [0.25, 0.3) is 0 Å². The van der Waals surface area contributed by atoms with E-state index in [1.54, 1.807) is 6.92 Å². The Morgan fingerprint density at radius 3 is 2.53 bits per heavy atom. The van der Waals surface area contributed by atoms with E-state index in [0.29, 0.717) is 0 Å². The molecule has 3 heterocycles. The fraction of sp³-hybridized carbons (Fsp3) is 0.500. The molecule has 2 fully saturated rings. The smallest absolute Gasteiger partial charge is 0.309 e. The van der Waals surface area contributed by atoms with Gasteiger partial charge in [0, 0.05) is 23.1 Å². The third kappa shape index (κ3) is 2.95. The maximum Gasteiger partial charge on any atom is 0.309 e. The second kappa shape index (κ2) is 7.46. The number of carbonyl (C=O) groups excluding carboxylic acids is 3. The van der Waals surface area contributed by atoms with E-state index in [4.69, 9.17) is 14.2 Å². The van der Waals surface area contributed by atoms with Gasteiger partial charge in [-0.3, -0.25) is 14.4 Å². The van der Waals surface area contributed by atoms with Gasteiger partial charge in [-0.15, -0.1) is 0 Å². The minimum Gasteiger partial charge on any atom is -0.507 e. The van der Waals surface area contributed by atoms with Crippen LogP contribution >= 0.6 is 0 Å². The fourth-order valence-corrected chi connectivity index (χ4v) is 5.03. The highest BCUT2D eigenvalue weighted by atomic mass is 16.6. The molecule has 7 atom stereocenters. The molecule has 0 aromatic heterocycles. The number of benzene rings is 1. The molecule has 2 saturated heterocycles. The van der Waals surface area contributed by atoms with E-state index in [9.17, 15) is 34.8 Å². The number of fused-ring (bicyclic) bond motifs is 3. The molecule has 10 nitrogen and oxygen atoms in total. The summed E-state index contributed by atoms with van der Waals surface area (Å²) in [7, 11) is 0. The number of esters is 1. The minimum absolute atomic E-state index is 0.0104. The fourth-order valence-electron chi connectivity index (χ4n) is 5.03. The lowest BCUT2D eigenvalue weighted by atomic mass is 9.76. The largest absolute Gasteiger partial charge is 0.507 e. The predicted molar refractivity (Wildman–Crippen MR) is 104 cm³/mol. The van der Waals surface area contributed by atoms with Crippen LogP contribution in [0.4, 0.5) is 0 Å². The van der Waals surface area contributed by atoms with Crippen molar-refractivity contribution in [2.45, 2.75) is 62.5 Å². The maximum absolute atomic E-state index is 13.4. The van der Waals surface area contributed by atoms with Crippen molar-refractivity contribution >= 4 is 17.5 Å². The molecular formula is C22H22O10. The highest BCUT2D eigenvalue weighted by Crippen LogP contribution is 2.45. The summed E-state index contributed by atoms with van der Waals surface area (Å²) in [5, 5.41) is 40.5. The Bertz CT molecular complexity index is 1060. The van der Waals surface area contributed by atoms with E-state index < -0.39 is 72.6 Å². The SMILES string of the molecule is C[C@@H]1O[C@H]2CC(=O)O[C@H]2C2=C1C(=O)c1c(ccc([C@H]3C[C@@H](O)[C@H](O)[C@@H](CO)O3)c1O)C2=O. The van der Waals surface area contributed by atoms with Crippen LogP contribution in [0, 0.1) is 0 Å². The number of aliphatic hydroxyl groups excluding tert-OH is 3. The molecule has 0 spiro atoms. The highest BCUT2D eigenvalue weighted by molar-refractivity contribution is 6.29. The molecule has 4 aliphatic rings. The molecule has 1 aliphatic carbocycles. The van der Waals surface area contributed by atoms with E-state index in [1.165, 1.54) is 12.1 Å². The van der Waals surface area contributed by atoms with Crippen LogP contribution < -0.4 is 0 Å². The van der Waals surface area contributed by atoms with E-state index in [0.717, 1.165) is 0 Å². The van der Waals surface area contributed by atoms with Crippen molar-refractivity contribution in [2.75, 3.05) is 6.61 Å².